The molecule has 1 aliphatic heterocycles. The second kappa shape index (κ2) is 7.99. The predicted molar refractivity (Wildman–Crippen MR) is 90.5 cm³/mol. The number of aliphatic hydroxyl groups excluding tert-OH is 2. The molecule has 0 saturated carbocycles. The fourth-order valence-corrected chi connectivity index (χ4v) is 4.75. The maximum Gasteiger partial charge on any atom is 0.479 e. The van der Waals surface area contributed by atoms with Gasteiger partial charge in [0.15, 0.2) is 6.23 Å². The number of aromatic amines is 1. The first-order chi connectivity index (χ1) is 11.8. The molecule has 1 aromatic heterocycles. The van der Waals surface area contributed by atoms with Gasteiger partial charge in [0.25, 0.3) is 5.56 Å². The third-order valence-corrected chi connectivity index (χ3v) is 6.46. The minimum atomic E-state index is -4.98. The maximum atomic E-state index is 11.8. The Bertz CT molecular complexity index is 883. The zero-order valence-corrected chi connectivity index (χ0v) is 16.6. The summed E-state index contributed by atoms with van der Waals surface area (Å²) in [5.41, 5.74) is -1.66. The molecule has 0 radical (unpaired) electrons. The molecule has 1 fully saturated rings. The number of ether oxygens (including phenoxy) is 1. The monoisotopic (exact) mass is 498 g/mol. The highest BCUT2D eigenvalue weighted by atomic mass is 79.9. The lowest BCUT2D eigenvalue weighted by Crippen LogP contribution is -2.38. The lowest BCUT2D eigenvalue weighted by molar-refractivity contribution is -0.0542. The SMILES string of the molecule is O=c1[nH]c(=O)n([C@@H]2O[C@H](COP(=O)(O)OP(O)(O)=S)[C@@H](O)[C@H]2O)cc1Br. The van der Waals surface area contributed by atoms with E-state index in [1.54, 1.807) is 0 Å². The molecular formula is C9H13BrN2O11P2S. The number of phosphoric ester groups is 1. The van der Waals surface area contributed by atoms with Crippen LogP contribution in [0.4, 0.5) is 0 Å². The molecule has 26 heavy (non-hydrogen) atoms. The van der Waals surface area contributed by atoms with Gasteiger partial charge in [0.05, 0.1) is 11.1 Å². The van der Waals surface area contributed by atoms with Crippen molar-refractivity contribution in [3.8, 4) is 0 Å². The standard InChI is InChI=1S/C9H13BrN2O11P2S/c10-3-1-12(9(16)11-7(3)15)8-6(14)5(13)4(22-8)2-21-24(17,18)23-25(19,20)26/h1,4-6,8,13-14H,2H2,(H,17,18)(H,11,15,16)(H2,19,20,26)/t4-,5-,6-,8-/m1/s1. The molecular weight excluding hydrogens is 486 g/mol. The van der Waals surface area contributed by atoms with E-state index in [4.69, 9.17) is 14.5 Å². The second-order valence-electron chi connectivity index (χ2n) is 5.03. The van der Waals surface area contributed by atoms with E-state index in [0.717, 1.165) is 10.8 Å². The molecule has 1 aliphatic rings. The van der Waals surface area contributed by atoms with Crippen LogP contribution in [0.1, 0.15) is 6.23 Å². The summed E-state index contributed by atoms with van der Waals surface area (Å²) < 4.78 is 25.9. The van der Waals surface area contributed by atoms with Crippen molar-refractivity contribution in [2.24, 2.45) is 0 Å². The van der Waals surface area contributed by atoms with Crippen LogP contribution >= 0.6 is 30.5 Å². The molecule has 5 atom stereocenters. The van der Waals surface area contributed by atoms with Gasteiger partial charge in [-0.1, -0.05) is 0 Å². The van der Waals surface area contributed by atoms with Crippen LogP contribution < -0.4 is 11.2 Å². The summed E-state index contributed by atoms with van der Waals surface area (Å²) in [6.07, 6.45) is -5.12. The van der Waals surface area contributed by atoms with Crippen molar-refractivity contribution in [1.29, 1.82) is 0 Å². The Morgan fingerprint density at radius 2 is 1.92 bits per heavy atom. The Kier molecular flexibility index (Phi) is 6.77. The third-order valence-electron chi connectivity index (χ3n) is 3.15. The Labute approximate surface area is 157 Å². The van der Waals surface area contributed by atoms with Crippen LogP contribution in [0, 0.1) is 0 Å². The van der Waals surface area contributed by atoms with E-state index in [-0.39, 0.29) is 4.47 Å². The molecule has 1 aromatic rings. The highest BCUT2D eigenvalue weighted by Gasteiger charge is 2.45. The van der Waals surface area contributed by atoms with E-state index in [0.29, 0.717) is 0 Å². The van der Waals surface area contributed by atoms with Crippen LogP contribution in [-0.4, -0.2) is 59.4 Å². The molecule has 0 spiro atoms. The summed E-state index contributed by atoms with van der Waals surface area (Å²) >= 11 is 6.93. The van der Waals surface area contributed by atoms with Crippen LogP contribution in [0.5, 0.6) is 0 Å². The summed E-state index contributed by atoms with van der Waals surface area (Å²) in [5.74, 6) is 0. The van der Waals surface area contributed by atoms with Crippen molar-refractivity contribution >= 4 is 42.3 Å². The predicted octanol–water partition coefficient (Wildman–Crippen LogP) is -1.74. The molecule has 0 amide bonds. The van der Waals surface area contributed by atoms with Crippen molar-refractivity contribution < 1.29 is 43.0 Å². The van der Waals surface area contributed by atoms with Crippen molar-refractivity contribution in [1.82, 2.24) is 9.55 Å². The fraction of sp³-hybridized carbons (Fsp3) is 0.556. The number of H-pyrrole nitrogens is 1. The lowest BCUT2D eigenvalue weighted by atomic mass is 10.1. The Hall–Kier alpha value is -0.280. The third kappa shape index (κ3) is 5.38. The normalized spacial score (nSPS) is 28.8. The van der Waals surface area contributed by atoms with Gasteiger partial charge in [-0.2, -0.15) is 0 Å². The van der Waals surface area contributed by atoms with Gasteiger partial charge in [-0.05, 0) is 27.7 Å². The Morgan fingerprint density at radius 1 is 1.31 bits per heavy atom. The van der Waals surface area contributed by atoms with Crippen LogP contribution in [0.2, 0.25) is 0 Å². The van der Waals surface area contributed by atoms with Gasteiger partial charge in [-0.3, -0.25) is 18.9 Å². The highest BCUT2D eigenvalue weighted by Crippen LogP contribution is 2.57. The van der Waals surface area contributed by atoms with E-state index < -0.39 is 56.9 Å². The average Bonchev–Trinajstić information content (AvgIpc) is 2.75. The average molecular weight is 499 g/mol. The zero-order chi connectivity index (χ0) is 19.9. The largest absolute Gasteiger partial charge is 0.479 e. The van der Waals surface area contributed by atoms with Gasteiger partial charge < -0.3 is 29.6 Å². The summed E-state index contributed by atoms with van der Waals surface area (Å²) in [4.78, 5) is 52.1. The van der Waals surface area contributed by atoms with Crippen LogP contribution in [0.25, 0.3) is 0 Å². The van der Waals surface area contributed by atoms with Crippen LogP contribution in [-0.2, 0) is 29.9 Å². The number of nitrogens with one attached hydrogen (secondary N) is 1. The number of aliphatic hydroxyl groups is 2. The number of phosphoric acid groups is 1. The highest BCUT2D eigenvalue weighted by molar-refractivity contribution is 9.10. The summed E-state index contributed by atoms with van der Waals surface area (Å²) in [7, 11) is -4.98. The Balaban J connectivity index is 2.14. The summed E-state index contributed by atoms with van der Waals surface area (Å²) in [6.45, 7) is -5.32. The molecule has 2 heterocycles. The quantitative estimate of drug-likeness (QED) is 0.242. The van der Waals surface area contributed by atoms with Crippen molar-refractivity contribution in [3.63, 3.8) is 0 Å². The molecule has 0 aromatic carbocycles. The second-order valence-corrected chi connectivity index (χ2v) is 10.1. The molecule has 1 saturated heterocycles. The number of rotatable bonds is 6. The van der Waals surface area contributed by atoms with E-state index in [1.165, 1.54) is 0 Å². The van der Waals surface area contributed by atoms with Crippen LogP contribution in [0.3, 0.4) is 0 Å². The number of hydrogen-bond donors (Lipinski definition) is 6. The lowest BCUT2D eigenvalue weighted by Gasteiger charge is -2.18. The smallest absolute Gasteiger partial charge is 0.387 e. The number of halogens is 1. The van der Waals surface area contributed by atoms with Gasteiger partial charge in [0.2, 0.25) is 0 Å². The van der Waals surface area contributed by atoms with Gasteiger partial charge in [-0.25, -0.2) is 13.7 Å². The Morgan fingerprint density at radius 3 is 2.50 bits per heavy atom. The first-order valence-corrected chi connectivity index (χ1v) is 11.5. The zero-order valence-electron chi connectivity index (χ0n) is 12.4. The molecule has 1 unspecified atom stereocenters. The van der Waals surface area contributed by atoms with E-state index in [9.17, 15) is 29.3 Å². The molecule has 6 N–H and O–H groups in total. The van der Waals surface area contributed by atoms with E-state index in [2.05, 4.69) is 36.6 Å². The number of hydrogen-bond acceptors (Lipinski definition) is 9. The number of aromatic nitrogens is 2. The minimum absolute atomic E-state index is 0.0491. The van der Waals surface area contributed by atoms with Gasteiger partial charge in [-0.15, -0.1) is 0 Å². The maximum absolute atomic E-state index is 11.8. The van der Waals surface area contributed by atoms with Crippen molar-refractivity contribution in [2.75, 3.05) is 6.61 Å². The van der Waals surface area contributed by atoms with Crippen LogP contribution in [0.15, 0.2) is 20.3 Å². The van der Waals surface area contributed by atoms with Gasteiger partial charge in [0.1, 0.15) is 18.3 Å². The summed E-state index contributed by atoms with van der Waals surface area (Å²) in [5, 5.41) is 20.0. The molecule has 0 bridgehead atoms. The van der Waals surface area contributed by atoms with E-state index in [1.807, 2.05) is 4.98 Å². The molecule has 148 valence electrons. The van der Waals surface area contributed by atoms with Crippen molar-refractivity contribution in [3.05, 3.63) is 31.5 Å². The first kappa shape index (κ1) is 22.0. The van der Waals surface area contributed by atoms with E-state index >= 15 is 0 Å². The minimum Gasteiger partial charge on any atom is -0.387 e. The summed E-state index contributed by atoms with van der Waals surface area (Å²) in [6, 6.07) is 0. The molecule has 13 nitrogen and oxygen atoms in total. The topological polar surface area (TPSA) is 201 Å². The van der Waals surface area contributed by atoms with Gasteiger partial charge >= 0.3 is 20.2 Å². The van der Waals surface area contributed by atoms with Gasteiger partial charge in [0, 0.05) is 6.20 Å². The first-order valence-electron chi connectivity index (χ1n) is 6.57. The molecule has 17 heteroatoms. The molecule has 2 rings (SSSR count). The van der Waals surface area contributed by atoms with Crippen molar-refractivity contribution in [2.45, 2.75) is 24.5 Å². The molecule has 0 aliphatic carbocycles. The number of nitrogens with zero attached hydrogens (tertiary/aromatic N) is 1. The fourth-order valence-electron chi connectivity index (χ4n) is 2.07.